The number of likely N-dealkylation sites (tertiary alicyclic amines) is 2. The van der Waals surface area contributed by atoms with Crippen molar-refractivity contribution in [2.24, 2.45) is 11.8 Å². The first kappa shape index (κ1) is 17.6. The minimum atomic E-state index is -0.315. The highest BCUT2D eigenvalue weighted by Crippen LogP contribution is 2.48. The van der Waals surface area contributed by atoms with E-state index >= 15 is 0 Å². The number of anilines is 1. The van der Waals surface area contributed by atoms with E-state index in [1.54, 1.807) is 21.9 Å². The second kappa shape index (κ2) is 6.28. The number of nitriles is 1. The molecule has 3 heterocycles. The number of amides is 2. The third-order valence-corrected chi connectivity index (χ3v) is 6.81. The maximum absolute atomic E-state index is 13.2. The van der Waals surface area contributed by atoms with Gasteiger partial charge in [0.15, 0.2) is 0 Å². The normalized spacial score (nSPS) is 34.5. The van der Waals surface area contributed by atoms with Crippen molar-refractivity contribution in [2.45, 2.75) is 50.4 Å². The molecule has 6 nitrogen and oxygen atoms in total. The van der Waals surface area contributed by atoms with E-state index in [1.807, 2.05) is 6.92 Å². The van der Waals surface area contributed by atoms with Gasteiger partial charge in [0.2, 0.25) is 11.8 Å². The summed E-state index contributed by atoms with van der Waals surface area (Å²) < 4.78 is 13.2. The maximum Gasteiger partial charge on any atom is 0.244 e. The first-order valence-corrected chi connectivity index (χ1v) is 10.0. The number of fused-ring (bicyclic) bond motifs is 3. The van der Waals surface area contributed by atoms with Crippen molar-refractivity contribution in [3.8, 4) is 6.07 Å². The molecule has 2 amide bonds. The summed E-state index contributed by atoms with van der Waals surface area (Å²) in [7, 11) is 0. The van der Waals surface area contributed by atoms with E-state index in [-0.39, 0.29) is 47.7 Å². The van der Waals surface area contributed by atoms with Crippen molar-refractivity contribution in [1.82, 2.24) is 9.80 Å². The van der Waals surface area contributed by atoms with Crippen molar-refractivity contribution >= 4 is 17.5 Å². The fourth-order valence-corrected chi connectivity index (χ4v) is 5.38. The Morgan fingerprint density at radius 1 is 1.29 bits per heavy atom. The molecule has 1 saturated carbocycles. The zero-order chi connectivity index (χ0) is 19.6. The second-order valence-corrected chi connectivity index (χ2v) is 8.63. The number of rotatable bonds is 4. The Labute approximate surface area is 163 Å². The molecule has 28 heavy (non-hydrogen) atoms. The van der Waals surface area contributed by atoms with Crippen LogP contribution >= 0.6 is 0 Å². The molecule has 2 bridgehead atoms. The summed E-state index contributed by atoms with van der Waals surface area (Å²) in [5.74, 6) is 0.0315. The molecular weight excluding hydrogens is 359 g/mol. The fraction of sp³-hybridized carbons (Fsp3) is 0.571. The quantitative estimate of drug-likeness (QED) is 0.796. The van der Waals surface area contributed by atoms with Crippen LogP contribution in [-0.2, 0) is 9.59 Å². The number of benzene rings is 1. The van der Waals surface area contributed by atoms with Crippen molar-refractivity contribution < 1.29 is 14.0 Å². The van der Waals surface area contributed by atoms with E-state index in [9.17, 15) is 19.2 Å². The lowest BCUT2D eigenvalue weighted by molar-refractivity contribution is -0.137. The molecule has 0 aromatic heterocycles. The number of piperidine rings is 1. The number of piperazine rings is 1. The number of carbonyl (C=O) groups excluding carboxylic acids is 2. The van der Waals surface area contributed by atoms with Crippen LogP contribution in [0.15, 0.2) is 24.3 Å². The first-order valence-electron chi connectivity index (χ1n) is 10.0. The molecule has 4 fully saturated rings. The predicted molar refractivity (Wildman–Crippen MR) is 99.6 cm³/mol. The summed E-state index contributed by atoms with van der Waals surface area (Å²) in [4.78, 5) is 31.5. The predicted octanol–water partition coefficient (Wildman–Crippen LogP) is 1.76. The fourth-order valence-electron chi connectivity index (χ4n) is 5.38. The number of halogens is 1. The molecule has 1 aliphatic carbocycles. The number of carbonyl (C=O) groups is 2. The summed E-state index contributed by atoms with van der Waals surface area (Å²) >= 11 is 0. The van der Waals surface area contributed by atoms with Gasteiger partial charge in [0, 0.05) is 30.7 Å². The first-order chi connectivity index (χ1) is 13.5. The Morgan fingerprint density at radius 3 is 2.71 bits per heavy atom. The van der Waals surface area contributed by atoms with E-state index in [0.29, 0.717) is 12.5 Å². The molecule has 7 heteroatoms. The Balaban J connectivity index is 1.25. The van der Waals surface area contributed by atoms with Gasteiger partial charge in [-0.05, 0) is 49.4 Å². The molecular formula is C21H23FN4O2. The van der Waals surface area contributed by atoms with Gasteiger partial charge >= 0.3 is 0 Å². The van der Waals surface area contributed by atoms with Crippen LogP contribution in [0.3, 0.4) is 0 Å². The highest BCUT2D eigenvalue weighted by Gasteiger charge is 2.55. The smallest absolute Gasteiger partial charge is 0.244 e. The third kappa shape index (κ3) is 2.62. The third-order valence-electron chi connectivity index (χ3n) is 6.81. The van der Waals surface area contributed by atoms with Crippen LogP contribution in [0.1, 0.15) is 26.2 Å². The zero-order valence-corrected chi connectivity index (χ0v) is 15.8. The van der Waals surface area contributed by atoms with Gasteiger partial charge in [-0.3, -0.25) is 14.5 Å². The van der Waals surface area contributed by atoms with Crippen LogP contribution < -0.4 is 4.90 Å². The minimum absolute atomic E-state index is 0.0286. The average Bonchev–Trinajstić information content (AvgIpc) is 3.02. The van der Waals surface area contributed by atoms with Gasteiger partial charge < -0.3 is 9.80 Å². The van der Waals surface area contributed by atoms with Gasteiger partial charge in [0.05, 0.1) is 18.2 Å². The second-order valence-electron chi connectivity index (χ2n) is 8.63. The van der Waals surface area contributed by atoms with Gasteiger partial charge in [0.25, 0.3) is 0 Å². The van der Waals surface area contributed by atoms with E-state index in [0.717, 1.165) is 31.5 Å². The monoisotopic (exact) mass is 382 g/mol. The molecule has 0 N–H and O–H groups in total. The van der Waals surface area contributed by atoms with Crippen molar-refractivity contribution in [2.75, 3.05) is 18.0 Å². The molecule has 146 valence electrons. The average molecular weight is 382 g/mol. The number of hydrogen-bond donors (Lipinski definition) is 0. The van der Waals surface area contributed by atoms with Crippen molar-refractivity contribution in [3.05, 3.63) is 30.1 Å². The highest BCUT2D eigenvalue weighted by molar-refractivity contribution is 6.01. The summed E-state index contributed by atoms with van der Waals surface area (Å²) in [6, 6.07) is 8.12. The Morgan fingerprint density at radius 2 is 2.04 bits per heavy atom. The molecule has 0 spiro atoms. The van der Waals surface area contributed by atoms with E-state index in [2.05, 4.69) is 11.0 Å². The molecule has 6 atom stereocenters. The van der Waals surface area contributed by atoms with Crippen LogP contribution in [-0.4, -0.2) is 58.9 Å². The molecule has 5 rings (SSSR count). The summed E-state index contributed by atoms with van der Waals surface area (Å²) in [5, 5.41) is 9.34. The van der Waals surface area contributed by atoms with Crippen LogP contribution in [0, 0.1) is 29.0 Å². The SMILES string of the molecule is C[C@@H](CN1C[C@@H]2C[C@H]1C(=O)N2c1ccc(F)cc1)C(=O)N1C2C[C@H]2C[C@H]1C#N. The van der Waals surface area contributed by atoms with Crippen LogP contribution in [0.25, 0.3) is 0 Å². The van der Waals surface area contributed by atoms with Gasteiger partial charge in [0.1, 0.15) is 11.9 Å². The standard InChI is InChI=1S/C21H23FN4O2/c1-12(20(27)26-16(9-23)6-13-7-18(13)26)10-24-11-17-8-19(24)21(28)25(17)15-4-2-14(22)3-5-15/h2-5,12-13,16-19H,6-8,10-11H2,1H3/t12-,13+,16-,17-,18?,19-/m0/s1. The zero-order valence-electron chi connectivity index (χ0n) is 15.8. The largest absolute Gasteiger partial charge is 0.323 e. The van der Waals surface area contributed by atoms with Crippen molar-refractivity contribution in [1.29, 1.82) is 5.26 Å². The molecule has 3 saturated heterocycles. The van der Waals surface area contributed by atoms with E-state index in [4.69, 9.17) is 0 Å². The van der Waals surface area contributed by atoms with Gasteiger partial charge in [-0.1, -0.05) is 6.92 Å². The molecule has 3 aliphatic heterocycles. The Kier molecular flexibility index (Phi) is 3.95. The summed E-state index contributed by atoms with van der Waals surface area (Å²) in [5.41, 5.74) is 0.733. The molecule has 0 radical (unpaired) electrons. The Bertz CT molecular complexity index is 866. The molecule has 1 aromatic carbocycles. The molecule has 4 aliphatic rings. The lowest BCUT2D eigenvalue weighted by atomic mass is 10.1. The van der Waals surface area contributed by atoms with Gasteiger partial charge in [-0.25, -0.2) is 4.39 Å². The van der Waals surface area contributed by atoms with Crippen LogP contribution in [0.5, 0.6) is 0 Å². The maximum atomic E-state index is 13.2. The van der Waals surface area contributed by atoms with E-state index < -0.39 is 0 Å². The minimum Gasteiger partial charge on any atom is -0.323 e. The van der Waals surface area contributed by atoms with E-state index in [1.165, 1.54) is 12.1 Å². The lowest BCUT2D eigenvalue weighted by Crippen LogP contribution is -2.53. The highest BCUT2D eigenvalue weighted by atomic mass is 19.1. The van der Waals surface area contributed by atoms with Crippen molar-refractivity contribution in [3.63, 3.8) is 0 Å². The topological polar surface area (TPSA) is 67.7 Å². The summed E-state index contributed by atoms with van der Waals surface area (Å²) in [6.45, 7) is 3.16. The van der Waals surface area contributed by atoms with Crippen LogP contribution in [0.4, 0.5) is 10.1 Å². The Hall–Kier alpha value is -2.46. The summed E-state index contributed by atoms with van der Waals surface area (Å²) in [6.07, 6.45) is 2.57. The molecule has 1 aromatic rings. The number of nitrogens with zero attached hydrogens (tertiary/aromatic N) is 4. The van der Waals surface area contributed by atoms with Gasteiger partial charge in [-0.2, -0.15) is 5.26 Å². The van der Waals surface area contributed by atoms with Crippen LogP contribution in [0.2, 0.25) is 0 Å². The van der Waals surface area contributed by atoms with Gasteiger partial charge in [-0.15, -0.1) is 0 Å². The lowest BCUT2D eigenvalue weighted by Gasteiger charge is -2.35. The molecule has 1 unspecified atom stereocenters. The number of hydrogen-bond acceptors (Lipinski definition) is 4.